The van der Waals surface area contributed by atoms with Crippen LogP contribution in [0, 0.1) is 48.3 Å². The van der Waals surface area contributed by atoms with E-state index in [1.54, 1.807) is 52.0 Å². The van der Waals surface area contributed by atoms with Crippen molar-refractivity contribution in [3.05, 3.63) is 60.3 Å². The summed E-state index contributed by atoms with van der Waals surface area (Å²) in [5.41, 5.74) is 6.41. The SMILES string of the molecule is CC(C)C(=O)NCC1CCOC1.CC(C)C(=O)NCc1noc(C(N)=O)n1.CC(C)C(=O)Nc1ccccc1.CCOC(=O)C(C)C.CNC(=O)C1CN(C(=O)C(C)C)CCO1.Cc1ncc(NC(=O)C(C)C)cn1. The fraction of sp³-hybridized carbons (Fsp3) is 0.615. The molecule has 2 fully saturated rings. The van der Waals surface area contributed by atoms with E-state index in [1.807, 2.05) is 99.6 Å². The number of primary amides is 1. The van der Waals surface area contributed by atoms with Gasteiger partial charge in [0, 0.05) is 67.9 Å². The summed E-state index contributed by atoms with van der Waals surface area (Å²) in [6.45, 7) is 30.1. The molecular formula is C52H85N11O12. The third-order valence-corrected chi connectivity index (χ3v) is 10.0. The highest BCUT2D eigenvalue weighted by Gasteiger charge is 2.29. The second-order valence-corrected chi connectivity index (χ2v) is 18.9. The smallest absolute Gasteiger partial charge is 0.315 e. The van der Waals surface area contributed by atoms with Gasteiger partial charge in [0.1, 0.15) is 5.82 Å². The van der Waals surface area contributed by atoms with Crippen molar-refractivity contribution in [1.29, 1.82) is 0 Å². The van der Waals surface area contributed by atoms with Crippen molar-refractivity contribution >= 4 is 58.7 Å². The fourth-order valence-corrected chi connectivity index (χ4v) is 5.38. The molecule has 2 aliphatic heterocycles. The second kappa shape index (κ2) is 37.8. The molecule has 2 saturated heterocycles. The van der Waals surface area contributed by atoms with Crippen LogP contribution in [0.1, 0.15) is 119 Å². The monoisotopic (exact) mass is 1060 g/mol. The Balaban J connectivity index is 0.000000884. The first-order valence-electron chi connectivity index (χ1n) is 25.2. The van der Waals surface area contributed by atoms with Crippen LogP contribution in [0.5, 0.6) is 0 Å². The second-order valence-electron chi connectivity index (χ2n) is 18.9. The molecule has 75 heavy (non-hydrogen) atoms. The number of nitrogens with zero attached hydrogens (tertiary/aromatic N) is 5. The molecular weight excluding hydrogens is 971 g/mol. The Labute approximate surface area is 442 Å². The van der Waals surface area contributed by atoms with E-state index in [9.17, 15) is 38.4 Å². The first-order chi connectivity index (χ1) is 35.2. The summed E-state index contributed by atoms with van der Waals surface area (Å²) in [6, 6.07) is 9.47. The summed E-state index contributed by atoms with van der Waals surface area (Å²) in [6.07, 6.45) is 3.76. The number of aromatic nitrogens is 4. The van der Waals surface area contributed by atoms with E-state index >= 15 is 0 Å². The third-order valence-electron chi connectivity index (χ3n) is 10.0. The van der Waals surface area contributed by atoms with Crippen molar-refractivity contribution in [2.75, 3.05) is 63.7 Å². The van der Waals surface area contributed by atoms with Gasteiger partial charge in [-0.1, -0.05) is 106 Å². The Morgan fingerprint density at radius 2 is 1.28 bits per heavy atom. The number of nitrogens with two attached hydrogens (primary N) is 1. The van der Waals surface area contributed by atoms with Crippen molar-refractivity contribution in [3.63, 3.8) is 0 Å². The molecule has 2 atom stereocenters. The molecule has 23 heteroatoms. The average molecular weight is 1060 g/mol. The van der Waals surface area contributed by atoms with Crippen molar-refractivity contribution < 1.29 is 57.1 Å². The van der Waals surface area contributed by atoms with E-state index in [2.05, 4.69) is 56.0 Å². The summed E-state index contributed by atoms with van der Waals surface area (Å²) < 4.78 is 19.7. The van der Waals surface area contributed by atoms with Crippen LogP contribution in [-0.4, -0.2) is 132 Å². The molecule has 7 N–H and O–H groups in total. The van der Waals surface area contributed by atoms with Gasteiger partial charge in [-0.05, 0) is 32.4 Å². The van der Waals surface area contributed by atoms with Crippen molar-refractivity contribution in [2.24, 2.45) is 47.2 Å². The number of likely N-dealkylation sites (N-methyl/N-ethyl adjacent to an activating group) is 1. The molecule has 420 valence electrons. The zero-order valence-electron chi connectivity index (χ0n) is 46.7. The zero-order valence-corrected chi connectivity index (χ0v) is 46.7. The molecule has 0 saturated carbocycles. The lowest BCUT2D eigenvalue weighted by Gasteiger charge is -2.33. The summed E-state index contributed by atoms with van der Waals surface area (Å²) in [5, 5.41) is 17.0. The van der Waals surface area contributed by atoms with Crippen LogP contribution in [-0.2, 0) is 54.3 Å². The Morgan fingerprint density at radius 1 is 0.733 bits per heavy atom. The molecule has 4 heterocycles. The molecule has 2 unspecified atom stereocenters. The maximum atomic E-state index is 11.7. The van der Waals surface area contributed by atoms with Crippen LogP contribution in [0.3, 0.4) is 0 Å². The van der Waals surface area contributed by atoms with E-state index < -0.39 is 12.0 Å². The number of nitrogens with one attached hydrogen (secondary N) is 5. The van der Waals surface area contributed by atoms with Gasteiger partial charge in [0.15, 0.2) is 11.9 Å². The zero-order chi connectivity index (χ0) is 57.2. The highest BCUT2D eigenvalue weighted by Crippen LogP contribution is 2.12. The van der Waals surface area contributed by atoms with E-state index in [0.717, 1.165) is 31.9 Å². The highest BCUT2D eigenvalue weighted by atomic mass is 16.5. The number of carbonyl (C=O) groups is 8. The number of para-hydroxylation sites is 1. The molecule has 23 nitrogen and oxygen atoms in total. The van der Waals surface area contributed by atoms with Gasteiger partial charge in [-0.25, -0.2) is 9.97 Å². The Bertz CT molecular complexity index is 2160. The number of benzene rings is 1. The predicted octanol–water partition coefficient (Wildman–Crippen LogP) is 4.72. The molecule has 2 aliphatic rings. The summed E-state index contributed by atoms with van der Waals surface area (Å²) in [4.78, 5) is 102. The molecule has 0 bridgehead atoms. The van der Waals surface area contributed by atoms with Crippen LogP contribution >= 0.6 is 0 Å². The summed E-state index contributed by atoms with van der Waals surface area (Å²) in [5.74, 6) is 0.197. The Morgan fingerprint density at radius 3 is 1.72 bits per heavy atom. The van der Waals surface area contributed by atoms with Gasteiger partial charge in [-0.3, -0.25) is 38.4 Å². The molecule has 7 amide bonds. The standard InChI is InChI=1S/C10H18N2O3.C10H13NO.C9H13N3O.C9H17NO2.C8H12N4O3.C6H12O2/c1-7(2)10(14)12-4-5-15-8(6-12)9(13)11-3;1-8(2)10(12)11-9-6-4-3-5-7-9;1-6(2)9(13)12-8-4-10-7(3)11-5-8;1-7(2)9(11)10-5-8-3-4-12-6-8;1-4(2)7(14)10-3-5-11-8(6(9)13)15-12-5;1-4-8-6(7)5(2)3/h7-8H,4-6H2,1-3H3,(H,11,13);3-8H,1-2H3,(H,11,12);4-6H,1-3H3,(H,12,13);7-8H,3-6H2,1-2H3,(H,10,11);4H,3H2,1-2H3,(H2,9,13)(H,10,14);5H,4H2,1-3H3. The normalized spacial score (nSPS) is 14.4. The minimum atomic E-state index is -0.788. The highest BCUT2D eigenvalue weighted by molar-refractivity contribution is 5.92. The number of aryl methyl sites for hydroxylation is 1. The molecule has 5 rings (SSSR count). The predicted molar refractivity (Wildman–Crippen MR) is 283 cm³/mol. The van der Waals surface area contributed by atoms with Crippen molar-refractivity contribution in [2.45, 2.75) is 116 Å². The molecule has 2 aromatic heterocycles. The van der Waals surface area contributed by atoms with Crippen LogP contribution < -0.4 is 32.3 Å². The largest absolute Gasteiger partial charge is 0.466 e. The van der Waals surface area contributed by atoms with Crippen LogP contribution in [0.15, 0.2) is 47.2 Å². The van der Waals surface area contributed by atoms with E-state index in [4.69, 9.17) is 15.2 Å². The van der Waals surface area contributed by atoms with Gasteiger partial charge < -0.3 is 56.0 Å². The maximum absolute atomic E-state index is 11.7. The number of anilines is 2. The van der Waals surface area contributed by atoms with Gasteiger partial charge in [0.2, 0.25) is 29.5 Å². The number of hydrogen-bond donors (Lipinski definition) is 6. The minimum absolute atomic E-state index is 0.00921. The first-order valence-corrected chi connectivity index (χ1v) is 25.2. The number of ether oxygens (including phenoxy) is 3. The van der Waals surface area contributed by atoms with Crippen molar-refractivity contribution in [1.82, 2.24) is 41.0 Å². The lowest BCUT2D eigenvalue weighted by atomic mass is 10.1. The van der Waals surface area contributed by atoms with Gasteiger partial charge in [-0.2, -0.15) is 4.98 Å². The quantitative estimate of drug-likeness (QED) is 0.112. The number of carbonyl (C=O) groups excluding carboxylic acids is 8. The van der Waals surface area contributed by atoms with Gasteiger partial charge >= 0.3 is 17.8 Å². The van der Waals surface area contributed by atoms with Crippen LogP contribution in [0.25, 0.3) is 0 Å². The Hall–Kier alpha value is -6.88. The van der Waals surface area contributed by atoms with E-state index in [-0.39, 0.29) is 95.2 Å². The van der Waals surface area contributed by atoms with Gasteiger partial charge in [0.25, 0.3) is 5.91 Å². The molecule has 0 aliphatic carbocycles. The molecule has 0 spiro atoms. The van der Waals surface area contributed by atoms with Gasteiger partial charge in [0.05, 0.1) is 56.9 Å². The molecule has 0 radical (unpaired) electrons. The van der Waals surface area contributed by atoms with Gasteiger partial charge in [-0.15, -0.1) is 0 Å². The number of esters is 1. The number of amides is 7. The van der Waals surface area contributed by atoms with Crippen molar-refractivity contribution in [3.8, 4) is 0 Å². The lowest BCUT2D eigenvalue weighted by molar-refractivity contribution is -0.149. The fourth-order valence-electron chi connectivity index (χ4n) is 5.38. The number of hydrogen-bond acceptors (Lipinski definition) is 16. The molecule has 1 aromatic carbocycles. The first kappa shape index (κ1) is 68.1. The van der Waals surface area contributed by atoms with E-state index in [0.29, 0.717) is 43.7 Å². The minimum Gasteiger partial charge on any atom is -0.466 e. The number of morpholine rings is 1. The third kappa shape index (κ3) is 30.8. The molecule has 3 aromatic rings. The lowest BCUT2D eigenvalue weighted by Crippen LogP contribution is -2.51. The summed E-state index contributed by atoms with van der Waals surface area (Å²) in [7, 11) is 1.56. The summed E-state index contributed by atoms with van der Waals surface area (Å²) >= 11 is 0. The number of rotatable bonds is 15. The maximum Gasteiger partial charge on any atom is 0.315 e. The average Bonchev–Trinajstić information content (AvgIpc) is 4.10. The topological polar surface area (TPSA) is 318 Å². The Kier molecular flexibility index (Phi) is 34.3. The van der Waals surface area contributed by atoms with Crippen LogP contribution in [0.4, 0.5) is 11.4 Å². The van der Waals surface area contributed by atoms with E-state index in [1.165, 1.54) is 0 Å². The van der Waals surface area contributed by atoms with Crippen LogP contribution in [0.2, 0.25) is 0 Å².